The van der Waals surface area contributed by atoms with Gasteiger partial charge >= 0.3 is 0 Å². The van der Waals surface area contributed by atoms with Crippen molar-refractivity contribution in [3.63, 3.8) is 0 Å². The Bertz CT molecular complexity index is 560. The molecule has 1 amide bonds. The molecule has 4 nitrogen and oxygen atoms in total. The van der Waals surface area contributed by atoms with Gasteiger partial charge in [0.1, 0.15) is 0 Å². The van der Waals surface area contributed by atoms with Crippen LogP contribution in [-0.4, -0.2) is 42.1 Å². The first-order valence-corrected chi connectivity index (χ1v) is 6.50. The molecule has 1 heterocycles. The smallest absolute Gasteiger partial charge is 0.254 e. The molecule has 0 saturated heterocycles. The highest BCUT2D eigenvalue weighted by Gasteiger charge is 2.18. The minimum Gasteiger partial charge on any atom is -0.383 e. The number of nitrogens with one attached hydrogen (secondary N) is 1. The lowest BCUT2D eigenvalue weighted by Crippen LogP contribution is -2.39. The second-order valence-electron chi connectivity index (χ2n) is 4.86. The number of aromatic nitrogens is 1. The van der Waals surface area contributed by atoms with Crippen molar-refractivity contribution in [2.75, 3.05) is 20.3 Å². The van der Waals surface area contributed by atoms with Gasteiger partial charge in [-0.1, -0.05) is 6.07 Å². The third kappa shape index (κ3) is 2.96. The van der Waals surface area contributed by atoms with Crippen LogP contribution in [0.25, 0.3) is 10.9 Å². The van der Waals surface area contributed by atoms with Crippen LogP contribution in [0.1, 0.15) is 24.2 Å². The third-order valence-corrected chi connectivity index (χ3v) is 3.22. The van der Waals surface area contributed by atoms with Gasteiger partial charge in [0.15, 0.2) is 0 Å². The quantitative estimate of drug-likeness (QED) is 0.898. The lowest BCUT2D eigenvalue weighted by molar-refractivity contribution is 0.0635. The number of benzene rings is 1. The molecular formula is C15H20N2O2. The van der Waals surface area contributed by atoms with E-state index < -0.39 is 0 Å². The molecule has 2 rings (SSSR count). The number of hydrogen-bond acceptors (Lipinski definition) is 2. The standard InChI is InChI=1S/C15H20N2O2/c1-11(2)17(8-9-19-3)15(18)13-5-4-12-6-7-16-14(12)10-13/h4-7,10-11,16H,8-9H2,1-3H3. The van der Waals surface area contributed by atoms with E-state index in [0.29, 0.717) is 18.7 Å². The predicted molar refractivity (Wildman–Crippen MR) is 76.3 cm³/mol. The summed E-state index contributed by atoms with van der Waals surface area (Å²) in [6.07, 6.45) is 1.88. The number of rotatable bonds is 5. The molecule has 2 aromatic rings. The van der Waals surface area contributed by atoms with Gasteiger partial charge in [0.25, 0.3) is 5.91 Å². The number of hydrogen-bond donors (Lipinski definition) is 1. The fraction of sp³-hybridized carbons (Fsp3) is 0.400. The van der Waals surface area contributed by atoms with Gasteiger partial charge < -0.3 is 14.6 Å². The van der Waals surface area contributed by atoms with Gasteiger partial charge in [0.05, 0.1) is 6.61 Å². The lowest BCUT2D eigenvalue weighted by Gasteiger charge is -2.26. The summed E-state index contributed by atoms with van der Waals surface area (Å²) in [7, 11) is 1.65. The summed E-state index contributed by atoms with van der Waals surface area (Å²) in [5, 5.41) is 1.12. The van der Waals surface area contributed by atoms with Crippen LogP contribution in [0.2, 0.25) is 0 Å². The van der Waals surface area contributed by atoms with Gasteiger partial charge in [0, 0.05) is 37.0 Å². The van der Waals surface area contributed by atoms with Gasteiger partial charge in [-0.3, -0.25) is 4.79 Å². The first-order valence-electron chi connectivity index (χ1n) is 6.50. The van der Waals surface area contributed by atoms with E-state index in [1.165, 1.54) is 0 Å². The van der Waals surface area contributed by atoms with Crippen LogP contribution in [-0.2, 0) is 4.74 Å². The van der Waals surface area contributed by atoms with Crippen LogP contribution in [0.15, 0.2) is 30.5 Å². The van der Waals surface area contributed by atoms with Crippen LogP contribution in [0.5, 0.6) is 0 Å². The number of amides is 1. The van der Waals surface area contributed by atoms with E-state index in [2.05, 4.69) is 4.98 Å². The van der Waals surface area contributed by atoms with Crippen LogP contribution in [0, 0.1) is 0 Å². The Morgan fingerprint density at radius 2 is 2.16 bits per heavy atom. The zero-order chi connectivity index (χ0) is 13.8. The number of carbonyl (C=O) groups is 1. The molecule has 0 fully saturated rings. The lowest BCUT2D eigenvalue weighted by atomic mass is 10.1. The predicted octanol–water partition coefficient (Wildman–Crippen LogP) is 2.66. The molecule has 0 spiro atoms. The molecule has 0 aliphatic carbocycles. The van der Waals surface area contributed by atoms with Crippen molar-refractivity contribution in [2.24, 2.45) is 0 Å². The van der Waals surface area contributed by atoms with Gasteiger partial charge in [-0.25, -0.2) is 0 Å². The van der Waals surface area contributed by atoms with Crippen molar-refractivity contribution in [3.8, 4) is 0 Å². The van der Waals surface area contributed by atoms with Crippen LogP contribution in [0.3, 0.4) is 0 Å². The molecule has 1 aromatic carbocycles. The second-order valence-corrected chi connectivity index (χ2v) is 4.86. The number of H-pyrrole nitrogens is 1. The van der Waals surface area contributed by atoms with Gasteiger partial charge in [-0.2, -0.15) is 0 Å². The zero-order valence-electron chi connectivity index (χ0n) is 11.6. The zero-order valence-corrected chi connectivity index (χ0v) is 11.6. The monoisotopic (exact) mass is 260 g/mol. The molecule has 1 aromatic heterocycles. The topological polar surface area (TPSA) is 45.3 Å². The maximum Gasteiger partial charge on any atom is 0.254 e. The van der Waals surface area contributed by atoms with Gasteiger partial charge in [0.2, 0.25) is 0 Å². The largest absolute Gasteiger partial charge is 0.383 e. The molecule has 0 saturated carbocycles. The summed E-state index contributed by atoms with van der Waals surface area (Å²) in [6, 6.07) is 7.89. The Labute approximate surface area is 113 Å². The maximum atomic E-state index is 12.5. The van der Waals surface area contributed by atoms with Crippen molar-refractivity contribution in [1.82, 2.24) is 9.88 Å². The van der Waals surface area contributed by atoms with Crippen molar-refractivity contribution in [2.45, 2.75) is 19.9 Å². The Morgan fingerprint density at radius 1 is 1.37 bits per heavy atom. The number of ether oxygens (including phenoxy) is 1. The summed E-state index contributed by atoms with van der Waals surface area (Å²) in [4.78, 5) is 17.5. The van der Waals surface area contributed by atoms with E-state index in [1.54, 1.807) is 7.11 Å². The Hall–Kier alpha value is -1.81. The highest BCUT2D eigenvalue weighted by molar-refractivity contribution is 5.98. The molecule has 19 heavy (non-hydrogen) atoms. The van der Waals surface area contributed by atoms with Crippen molar-refractivity contribution in [1.29, 1.82) is 0 Å². The number of nitrogens with zero attached hydrogens (tertiary/aromatic N) is 1. The summed E-state index contributed by atoms with van der Waals surface area (Å²) in [6.45, 7) is 5.19. The molecule has 1 N–H and O–H groups in total. The van der Waals surface area contributed by atoms with Crippen LogP contribution < -0.4 is 0 Å². The summed E-state index contributed by atoms with van der Waals surface area (Å²) >= 11 is 0. The SMILES string of the molecule is COCCN(C(=O)c1ccc2cc[nH]c2c1)C(C)C. The van der Waals surface area contributed by atoms with Crippen LogP contribution in [0.4, 0.5) is 0 Å². The molecule has 102 valence electrons. The molecule has 0 radical (unpaired) electrons. The Balaban J connectivity index is 2.24. The average Bonchev–Trinajstić information content (AvgIpc) is 2.85. The Morgan fingerprint density at radius 3 is 2.84 bits per heavy atom. The minimum absolute atomic E-state index is 0.0450. The van der Waals surface area contributed by atoms with E-state index in [1.807, 2.05) is 49.2 Å². The highest BCUT2D eigenvalue weighted by Crippen LogP contribution is 2.16. The molecule has 0 bridgehead atoms. The fourth-order valence-electron chi connectivity index (χ4n) is 2.13. The maximum absolute atomic E-state index is 12.5. The minimum atomic E-state index is 0.0450. The molecule has 0 aliphatic rings. The number of aromatic amines is 1. The highest BCUT2D eigenvalue weighted by atomic mass is 16.5. The average molecular weight is 260 g/mol. The van der Waals surface area contributed by atoms with Gasteiger partial charge in [-0.05, 0) is 37.4 Å². The molecule has 0 aliphatic heterocycles. The summed E-state index contributed by atoms with van der Waals surface area (Å²) < 4.78 is 5.07. The van der Waals surface area contributed by atoms with Gasteiger partial charge in [-0.15, -0.1) is 0 Å². The van der Waals surface area contributed by atoms with E-state index in [9.17, 15) is 4.79 Å². The first kappa shape index (κ1) is 13.6. The number of carbonyl (C=O) groups excluding carboxylic acids is 1. The third-order valence-electron chi connectivity index (χ3n) is 3.22. The van der Waals surface area contributed by atoms with Crippen LogP contribution >= 0.6 is 0 Å². The van der Waals surface area contributed by atoms with E-state index >= 15 is 0 Å². The first-order chi connectivity index (χ1) is 9.13. The summed E-state index contributed by atoms with van der Waals surface area (Å²) in [5.41, 5.74) is 1.70. The Kier molecular flexibility index (Phi) is 4.22. The number of methoxy groups -OCH3 is 1. The number of fused-ring (bicyclic) bond motifs is 1. The molecule has 0 unspecified atom stereocenters. The summed E-state index contributed by atoms with van der Waals surface area (Å²) in [5.74, 6) is 0.0450. The normalized spacial score (nSPS) is 11.2. The molecule has 4 heteroatoms. The van der Waals surface area contributed by atoms with Crippen molar-refractivity contribution >= 4 is 16.8 Å². The second kappa shape index (κ2) is 5.89. The molecular weight excluding hydrogens is 240 g/mol. The fourth-order valence-corrected chi connectivity index (χ4v) is 2.13. The molecule has 0 atom stereocenters. The van der Waals surface area contributed by atoms with E-state index in [0.717, 1.165) is 10.9 Å². The van der Waals surface area contributed by atoms with E-state index in [4.69, 9.17) is 4.74 Å². The van der Waals surface area contributed by atoms with Crippen molar-refractivity contribution < 1.29 is 9.53 Å². The van der Waals surface area contributed by atoms with Crippen molar-refractivity contribution in [3.05, 3.63) is 36.0 Å². The van der Waals surface area contributed by atoms with E-state index in [-0.39, 0.29) is 11.9 Å².